The van der Waals surface area contributed by atoms with Gasteiger partial charge in [-0.15, -0.1) is 0 Å². The molecule has 0 bridgehead atoms. The van der Waals surface area contributed by atoms with Crippen LogP contribution in [0.25, 0.3) is 0 Å². The van der Waals surface area contributed by atoms with E-state index in [1.165, 1.54) is 0 Å². The molecule has 2 aliphatic rings. The van der Waals surface area contributed by atoms with Gasteiger partial charge in [0.1, 0.15) is 0 Å². The minimum Gasteiger partial charge on any atom is -0.377 e. The van der Waals surface area contributed by atoms with Crippen molar-refractivity contribution in [3.05, 3.63) is 0 Å². The van der Waals surface area contributed by atoms with Gasteiger partial charge in [0.25, 0.3) is 0 Å². The zero-order chi connectivity index (χ0) is 11.8. The Morgan fingerprint density at radius 1 is 1.12 bits per heavy atom. The summed E-state index contributed by atoms with van der Waals surface area (Å²) < 4.78 is 43.2. The second kappa shape index (κ2) is 4.18. The van der Waals surface area contributed by atoms with Crippen LogP contribution < -0.4 is 5.73 Å². The summed E-state index contributed by atoms with van der Waals surface area (Å²) in [5.74, 6) is 0. The summed E-state index contributed by atoms with van der Waals surface area (Å²) in [4.78, 5) is 0. The molecule has 2 nitrogen and oxygen atoms in total. The number of rotatable bonds is 3. The fraction of sp³-hybridized carbons (Fsp3) is 1.00. The van der Waals surface area contributed by atoms with Gasteiger partial charge in [0, 0.05) is 6.04 Å². The van der Waals surface area contributed by atoms with Gasteiger partial charge >= 0.3 is 6.18 Å². The topological polar surface area (TPSA) is 35.2 Å². The van der Waals surface area contributed by atoms with Crippen LogP contribution in [0, 0.1) is 5.41 Å². The van der Waals surface area contributed by atoms with Crippen molar-refractivity contribution >= 4 is 0 Å². The number of halogens is 3. The van der Waals surface area contributed by atoms with Gasteiger partial charge in [-0.2, -0.15) is 13.2 Å². The Balaban J connectivity index is 1.76. The Kier molecular flexibility index (Phi) is 3.18. The first-order chi connectivity index (χ1) is 7.43. The van der Waals surface area contributed by atoms with Crippen molar-refractivity contribution in [3.63, 3.8) is 0 Å². The van der Waals surface area contributed by atoms with E-state index in [1.54, 1.807) is 0 Å². The molecule has 94 valence electrons. The number of alkyl halides is 3. The summed E-state index contributed by atoms with van der Waals surface area (Å²) in [7, 11) is 0. The van der Waals surface area contributed by atoms with Crippen LogP contribution in [-0.2, 0) is 4.74 Å². The van der Waals surface area contributed by atoms with E-state index >= 15 is 0 Å². The predicted octanol–water partition coefficient (Wildman–Crippen LogP) is 2.62. The van der Waals surface area contributed by atoms with Gasteiger partial charge in [-0.3, -0.25) is 0 Å². The molecule has 0 radical (unpaired) electrons. The predicted molar refractivity (Wildman–Crippen MR) is 53.9 cm³/mol. The van der Waals surface area contributed by atoms with Gasteiger partial charge < -0.3 is 10.5 Å². The Bertz CT molecular complexity index is 242. The van der Waals surface area contributed by atoms with Gasteiger partial charge in [0.2, 0.25) is 0 Å². The van der Waals surface area contributed by atoms with Gasteiger partial charge in [0.05, 0.1) is 18.1 Å². The SMILES string of the molecule is NC1CCC(OCC2(C(F)(F)F)CC2)CC1. The molecule has 0 aliphatic heterocycles. The smallest absolute Gasteiger partial charge is 0.377 e. The summed E-state index contributed by atoms with van der Waals surface area (Å²) in [5, 5.41) is 0. The van der Waals surface area contributed by atoms with Crippen LogP contribution in [0.3, 0.4) is 0 Å². The number of hydrogen-bond acceptors (Lipinski definition) is 2. The molecule has 2 aliphatic carbocycles. The lowest BCUT2D eigenvalue weighted by Gasteiger charge is -2.28. The van der Waals surface area contributed by atoms with Crippen molar-refractivity contribution in [2.45, 2.75) is 56.8 Å². The Labute approximate surface area is 93.3 Å². The highest BCUT2D eigenvalue weighted by Gasteiger charge is 2.63. The van der Waals surface area contributed by atoms with Crippen LogP contribution >= 0.6 is 0 Å². The first-order valence-corrected chi connectivity index (χ1v) is 5.87. The van der Waals surface area contributed by atoms with Gasteiger partial charge in [-0.1, -0.05) is 0 Å². The Hall–Kier alpha value is -0.290. The van der Waals surface area contributed by atoms with Crippen molar-refractivity contribution in [2.75, 3.05) is 6.61 Å². The molecule has 0 aromatic rings. The maximum Gasteiger partial charge on any atom is 0.396 e. The third kappa shape index (κ3) is 2.51. The van der Waals surface area contributed by atoms with Crippen molar-refractivity contribution in [2.24, 2.45) is 11.1 Å². The largest absolute Gasteiger partial charge is 0.396 e. The lowest BCUT2D eigenvalue weighted by atomic mass is 9.93. The molecule has 0 atom stereocenters. The molecular formula is C11H18F3NO. The van der Waals surface area contributed by atoms with Crippen LogP contribution in [0.4, 0.5) is 13.2 Å². The van der Waals surface area contributed by atoms with E-state index in [-0.39, 0.29) is 31.6 Å². The molecule has 2 saturated carbocycles. The lowest BCUT2D eigenvalue weighted by Crippen LogP contribution is -2.34. The van der Waals surface area contributed by atoms with Crippen molar-refractivity contribution in [3.8, 4) is 0 Å². The molecule has 5 heteroatoms. The summed E-state index contributed by atoms with van der Waals surface area (Å²) >= 11 is 0. The van der Waals surface area contributed by atoms with Crippen LogP contribution in [0.2, 0.25) is 0 Å². The minimum atomic E-state index is -4.10. The first-order valence-electron chi connectivity index (χ1n) is 5.87. The zero-order valence-electron chi connectivity index (χ0n) is 9.22. The molecule has 0 heterocycles. The summed E-state index contributed by atoms with van der Waals surface area (Å²) in [6.07, 6.45) is -0.333. The normalized spacial score (nSPS) is 33.8. The molecule has 0 amide bonds. The van der Waals surface area contributed by atoms with Crippen molar-refractivity contribution in [1.29, 1.82) is 0 Å². The summed E-state index contributed by atoms with van der Waals surface area (Å²) in [6, 6.07) is 0.206. The van der Waals surface area contributed by atoms with Crippen LogP contribution in [0.1, 0.15) is 38.5 Å². The van der Waals surface area contributed by atoms with E-state index in [9.17, 15) is 13.2 Å². The van der Waals surface area contributed by atoms with Gasteiger partial charge in [-0.05, 0) is 38.5 Å². The summed E-state index contributed by atoms with van der Waals surface area (Å²) in [5.41, 5.74) is 4.20. The second-order valence-corrected chi connectivity index (χ2v) is 5.13. The average molecular weight is 237 g/mol. The highest BCUT2D eigenvalue weighted by Crippen LogP contribution is 2.57. The van der Waals surface area contributed by atoms with E-state index in [1.807, 2.05) is 0 Å². The number of nitrogens with two attached hydrogens (primary N) is 1. The molecule has 0 aromatic carbocycles. The molecule has 0 unspecified atom stereocenters. The number of hydrogen-bond donors (Lipinski definition) is 1. The first kappa shape index (κ1) is 12.2. The fourth-order valence-electron chi connectivity index (χ4n) is 2.19. The summed E-state index contributed by atoms with van der Waals surface area (Å²) in [6.45, 7) is -0.156. The van der Waals surface area contributed by atoms with Crippen molar-refractivity contribution in [1.82, 2.24) is 0 Å². The molecule has 0 spiro atoms. The van der Waals surface area contributed by atoms with E-state index < -0.39 is 11.6 Å². The van der Waals surface area contributed by atoms with Gasteiger partial charge in [-0.25, -0.2) is 0 Å². The molecule has 0 saturated heterocycles. The zero-order valence-corrected chi connectivity index (χ0v) is 9.22. The van der Waals surface area contributed by atoms with E-state index in [0.717, 1.165) is 25.7 Å². The van der Waals surface area contributed by atoms with E-state index in [4.69, 9.17) is 10.5 Å². The molecular weight excluding hydrogens is 219 g/mol. The average Bonchev–Trinajstić information content (AvgIpc) is 2.97. The lowest BCUT2D eigenvalue weighted by molar-refractivity contribution is -0.206. The molecule has 16 heavy (non-hydrogen) atoms. The maximum absolute atomic E-state index is 12.6. The third-order valence-corrected chi connectivity index (χ3v) is 3.77. The molecule has 2 N–H and O–H groups in total. The third-order valence-electron chi connectivity index (χ3n) is 3.77. The Morgan fingerprint density at radius 2 is 1.69 bits per heavy atom. The molecule has 0 aromatic heterocycles. The fourth-order valence-corrected chi connectivity index (χ4v) is 2.19. The second-order valence-electron chi connectivity index (χ2n) is 5.13. The van der Waals surface area contributed by atoms with E-state index in [0.29, 0.717) is 0 Å². The van der Waals surface area contributed by atoms with Crippen LogP contribution in [0.15, 0.2) is 0 Å². The quantitative estimate of drug-likeness (QED) is 0.819. The number of ether oxygens (including phenoxy) is 1. The van der Waals surface area contributed by atoms with Crippen molar-refractivity contribution < 1.29 is 17.9 Å². The van der Waals surface area contributed by atoms with Gasteiger partial charge in [0.15, 0.2) is 0 Å². The molecule has 2 fully saturated rings. The van der Waals surface area contributed by atoms with E-state index in [2.05, 4.69) is 0 Å². The standard InChI is InChI=1S/C11H18F3NO/c12-11(13,14)10(5-6-10)7-16-9-3-1-8(15)2-4-9/h8-9H,1-7,15H2. The van der Waals surface area contributed by atoms with Crippen LogP contribution in [-0.4, -0.2) is 24.9 Å². The minimum absolute atomic E-state index is 0.0142. The molecule has 2 rings (SSSR count). The highest BCUT2D eigenvalue weighted by molar-refractivity contribution is 4.99. The maximum atomic E-state index is 12.6. The monoisotopic (exact) mass is 237 g/mol. The highest BCUT2D eigenvalue weighted by atomic mass is 19.4. The van der Waals surface area contributed by atoms with Crippen LogP contribution in [0.5, 0.6) is 0 Å². The Morgan fingerprint density at radius 3 is 2.12 bits per heavy atom.